The van der Waals surface area contributed by atoms with Gasteiger partial charge in [-0.3, -0.25) is 4.68 Å². The highest BCUT2D eigenvalue weighted by Gasteiger charge is 2.31. The molecule has 0 saturated heterocycles. The molecular weight excluding hydrogens is 353 g/mol. The fraction of sp³-hybridized carbons (Fsp3) is 0.231. The number of hydrogen-bond acceptors (Lipinski definition) is 3. The molecule has 0 bridgehead atoms. The van der Waals surface area contributed by atoms with Gasteiger partial charge in [0.2, 0.25) is 0 Å². The van der Waals surface area contributed by atoms with Crippen LogP contribution in [0.1, 0.15) is 16.1 Å². The van der Waals surface area contributed by atoms with Gasteiger partial charge in [0, 0.05) is 12.6 Å². The van der Waals surface area contributed by atoms with Gasteiger partial charge < -0.3 is 4.74 Å². The van der Waals surface area contributed by atoms with E-state index in [1.807, 2.05) is 0 Å². The third kappa shape index (κ3) is 2.94. The van der Waals surface area contributed by atoms with E-state index in [2.05, 4.69) is 25.8 Å². The Morgan fingerprint density at radius 3 is 2.62 bits per heavy atom. The fourth-order valence-electron chi connectivity index (χ4n) is 1.84. The number of esters is 1. The predicted octanol–water partition coefficient (Wildman–Crippen LogP) is 3.66. The lowest BCUT2D eigenvalue weighted by molar-refractivity contribution is -0.137. The number of rotatable bonds is 2. The van der Waals surface area contributed by atoms with Gasteiger partial charge in [0.25, 0.3) is 0 Å². The molecule has 0 fully saturated rings. The summed E-state index contributed by atoms with van der Waals surface area (Å²) in [6.45, 7) is 0. The quantitative estimate of drug-likeness (QED) is 0.765. The Labute approximate surface area is 126 Å². The number of nitrogens with zero attached hydrogens (tertiary/aromatic N) is 2. The molecule has 0 N–H and O–H groups in total. The van der Waals surface area contributed by atoms with E-state index in [1.54, 1.807) is 0 Å². The number of carbonyl (C=O) groups is 1. The van der Waals surface area contributed by atoms with Crippen molar-refractivity contribution < 1.29 is 22.7 Å². The number of aromatic nitrogens is 2. The first-order valence-electron chi connectivity index (χ1n) is 5.74. The van der Waals surface area contributed by atoms with Gasteiger partial charge in [-0.05, 0) is 28.1 Å². The maximum absolute atomic E-state index is 12.7. The van der Waals surface area contributed by atoms with Gasteiger partial charge in [0.15, 0.2) is 5.69 Å². The molecule has 0 aliphatic heterocycles. The standard InChI is InChI=1S/C13H10BrF3N2O2/c1-19-11(12(20)21-2)9(14)10(18-19)7-4-3-5-8(6-7)13(15,16)17/h3-6H,1-2H3. The molecule has 2 rings (SSSR count). The van der Waals surface area contributed by atoms with E-state index >= 15 is 0 Å². The first-order valence-corrected chi connectivity index (χ1v) is 6.53. The second-order valence-electron chi connectivity index (χ2n) is 4.20. The van der Waals surface area contributed by atoms with E-state index in [0.717, 1.165) is 12.1 Å². The number of halogens is 4. The minimum absolute atomic E-state index is 0.130. The van der Waals surface area contributed by atoms with Crippen LogP contribution in [0.4, 0.5) is 13.2 Å². The van der Waals surface area contributed by atoms with Gasteiger partial charge >= 0.3 is 12.1 Å². The molecule has 1 aromatic carbocycles. The Morgan fingerprint density at radius 2 is 2.05 bits per heavy atom. The molecule has 0 unspecified atom stereocenters. The molecule has 2 aromatic rings. The molecular formula is C13H10BrF3N2O2. The number of hydrogen-bond donors (Lipinski definition) is 0. The van der Waals surface area contributed by atoms with Crippen molar-refractivity contribution in [3.8, 4) is 11.3 Å². The number of carbonyl (C=O) groups excluding carboxylic acids is 1. The SMILES string of the molecule is COC(=O)c1c(Br)c(-c2cccc(C(F)(F)F)c2)nn1C. The Balaban J connectivity index is 2.56. The van der Waals surface area contributed by atoms with Gasteiger partial charge in [-0.25, -0.2) is 4.79 Å². The van der Waals surface area contributed by atoms with Crippen LogP contribution in [0.15, 0.2) is 28.7 Å². The third-order valence-electron chi connectivity index (χ3n) is 2.83. The molecule has 112 valence electrons. The van der Waals surface area contributed by atoms with Crippen LogP contribution in [0.25, 0.3) is 11.3 Å². The highest BCUT2D eigenvalue weighted by molar-refractivity contribution is 9.10. The summed E-state index contributed by atoms with van der Waals surface area (Å²) in [4.78, 5) is 11.6. The van der Waals surface area contributed by atoms with Crippen LogP contribution >= 0.6 is 15.9 Å². The van der Waals surface area contributed by atoms with Gasteiger partial charge in [-0.2, -0.15) is 18.3 Å². The number of benzene rings is 1. The van der Waals surface area contributed by atoms with E-state index in [1.165, 1.54) is 31.0 Å². The van der Waals surface area contributed by atoms with Crippen LogP contribution in [0, 0.1) is 0 Å². The summed E-state index contributed by atoms with van der Waals surface area (Å²) < 4.78 is 44.4. The molecule has 0 aliphatic carbocycles. The molecule has 21 heavy (non-hydrogen) atoms. The zero-order chi connectivity index (χ0) is 15.8. The van der Waals surface area contributed by atoms with Crippen molar-refractivity contribution in [3.05, 3.63) is 40.0 Å². The molecule has 1 aromatic heterocycles. The van der Waals surface area contributed by atoms with Crippen molar-refractivity contribution in [3.63, 3.8) is 0 Å². The molecule has 0 radical (unpaired) electrons. The van der Waals surface area contributed by atoms with Gasteiger partial charge in [0.1, 0.15) is 5.69 Å². The fourth-order valence-corrected chi connectivity index (χ4v) is 2.57. The van der Waals surface area contributed by atoms with Gasteiger partial charge in [0.05, 0.1) is 17.1 Å². The lowest BCUT2D eigenvalue weighted by atomic mass is 10.1. The maximum Gasteiger partial charge on any atom is 0.416 e. The van der Waals surface area contributed by atoms with Crippen molar-refractivity contribution >= 4 is 21.9 Å². The zero-order valence-corrected chi connectivity index (χ0v) is 12.6. The number of ether oxygens (including phenoxy) is 1. The second kappa shape index (κ2) is 5.51. The van der Waals surface area contributed by atoms with Crippen LogP contribution in [0.3, 0.4) is 0 Å². The second-order valence-corrected chi connectivity index (χ2v) is 5.00. The van der Waals surface area contributed by atoms with Crippen molar-refractivity contribution in [2.75, 3.05) is 7.11 Å². The molecule has 0 aliphatic rings. The zero-order valence-electron chi connectivity index (χ0n) is 11.0. The largest absolute Gasteiger partial charge is 0.464 e. The molecule has 0 spiro atoms. The van der Waals surface area contributed by atoms with E-state index < -0.39 is 17.7 Å². The summed E-state index contributed by atoms with van der Waals surface area (Å²) in [5.41, 5.74) is -0.159. The van der Waals surface area contributed by atoms with Crippen molar-refractivity contribution in [1.82, 2.24) is 9.78 Å². The first kappa shape index (κ1) is 15.6. The summed E-state index contributed by atoms with van der Waals surface area (Å²) in [6.07, 6.45) is -4.44. The summed E-state index contributed by atoms with van der Waals surface area (Å²) in [5.74, 6) is -0.630. The van der Waals surface area contributed by atoms with Gasteiger partial charge in [-0.15, -0.1) is 0 Å². The molecule has 0 atom stereocenters. The lowest BCUT2D eigenvalue weighted by Crippen LogP contribution is -2.08. The van der Waals surface area contributed by atoms with E-state index in [0.29, 0.717) is 0 Å². The number of alkyl halides is 3. The minimum Gasteiger partial charge on any atom is -0.464 e. The number of methoxy groups -OCH3 is 1. The van der Waals surface area contributed by atoms with E-state index in [9.17, 15) is 18.0 Å². The predicted molar refractivity (Wildman–Crippen MR) is 72.7 cm³/mol. The van der Waals surface area contributed by atoms with Crippen molar-refractivity contribution in [2.45, 2.75) is 6.18 Å². The summed E-state index contributed by atoms with van der Waals surface area (Å²) in [6, 6.07) is 4.73. The molecule has 4 nitrogen and oxygen atoms in total. The molecule has 8 heteroatoms. The maximum atomic E-state index is 12.7. The Bertz CT molecular complexity index is 695. The average molecular weight is 363 g/mol. The molecule has 0 amide bonds. The lowest BCUT2D eigenvalue weighted by Gasteiger charge is -2.07. The van der Waals surface area contributed by atoms with Gasteiger partial charge in [-0.1, -0.05) is 12.1 Å². The third-order valence-corrected chi connectivity index (χ3v) is 3.58. The topological polar surface area (TPSA) is 44.1 Å². The molecule has 0 saturated carbocycles. The van der Waals surface area contributed by atoms with Crippen LogP contribution < -0.4 is 0 Å². The van der Waals surface area contributed by atoms with Crippen LogP contribution in [-0.2, 0) is 18.0 Å². The average Bonchev–Trinajstić information content (AvgIpc) is 2.72. The van der Waals surface area contributed by atoms with E-state index in [-0.39, 0.29) is 21.4 Å². The normalized spacial score (nSPS) is 11.5. The van der Waals surface area contributed by atoms with Crippen LogP contribution in [0.2, 0.25) is 0 Å². The van der Waals surface area contributed by atoms with Crippen molar-refractivity contribution in [1.29, 1.82) is 0 Å². The summed E-state index contributed by atoms with van der Waals surface area (Å²) in [7, 11) is 2.72. The van der Waals surface area contributed by atoms with Crippen molar-refractivity contribution in [2.24, 2.45) is 7.05 Å². The summed E-state index contributed by atoms with van der Waals surface area (Å²) in [5, 5.41) is 4.07. The highest BCUT2D eigenvalue weighted by Crippen LogP contribution is 2.35. The Morgan fingerprint density at radius 1 is 1.38 bits per heavy atom. The molecule has 1 heterocycles. The van der Waals surface area contributed by atoms with Crippen LogP contribution in [-0.4, -0.2) is 22.9 Å². The summed E-state index contributed by atoms with van der Waals surface area (Å²) >= 11 is 3.19. The van der Waals surface area contributed by atoms with E-state index in [4.69, 9.17) is 0 Å². The minimum atomic E-state index is -4.44. The highest BCUT2D eigenvalue weighted by atomic mass is 79.9. The first-order chi connectivity index (χ1) is 9.75. The monoisotopic (exact) mass is 362 g/mol. The number of aryl methyl sites for hydroxylation is 1. The smallest absolute Gasteiger partial charge is 0.416 e. The van der Waals surface area contributed by atoms with Crippen LogP contribution in [0.5, 0.6) is 0 Å². The Kier molecular flexibility index (Phi) is 4.08. The Hall–Kier alpha value is -1.83.